The van der Waals surface area contributed by atoms with Gasteiger partial charge >= 0.3 is 0 Å². The van der Waals surface area contributed by atoms with Gasteiger partial charge in [-0.2, -0.15) is 0 Å². The summed E-state index contributed by atoms with van der Waals surface area (Å²) < 4.78 is 10.1. The van der Waals surface area contributed by atoms with E-state index >= 15 is 0 Å². The number of ether oxygens (including phenoxy) is 2. The first kappa shape index (κ1) is 23.4. The third-order valence-electron chi connectivity index (χ3n) is 4.92. The third-order valence-corrected chi connectivity index (χ3v) is 4.92. The molecule has 1 saturated heterocycles. The summed E-state index contributed by atoms with van der Waals surface area (Å²) in [5.41, 5.74) is 2.75. The molecule has 150 valence electrons. The average Bonchev–Trinajstić information content (AvgIpc) is 2.99. The maximum Gasteiger partial charge on any atom is 0.118 e. The van der Waals surface area contributed by atoms with E-state index in [0.717, 1.165) is 25.4 Å². The van der Waals surface area contributed by atoms with Crippen LogP contribution in [-0.2, 0) is 4.74 Å². The minimum absolute atomic E-state index is 0. The van der Waals surface area contributed by atoms with Crippen molar-refractivity contribution in [3.63, 3.8) is 0 Å². The number of nitrogens with one attached hydrogen (secondary N) is 1. The summed E-state index contributed by atoms with van der Waals surface area (Å²) in [6, 6.07) is 13.0. The van der Waals surface area contributed by atoms with E-state index in [0.29, 0.717) is 12.0 Å². The van der Waals surface area contributed by atoms with E-state index in [2.05, 4.69) is 48.4 Å². The predicted octanol–water partition coefficient (Wildman–Crippen LogP) is 5.15. The van der Waals surface area contributed by atoms with Gasteiger partial charge in [0.2, 0.25) is 0 Å². The van der Waals surface area contributed by atoms with Crippen molar-refractivity contribution in [1.82, 2.24) is 10.3 Å². The molecular weight excluding hydrogens is 360 g/mol. The molecule has 1 aromatic carbocycles. The van der Waals surface area contributed by atoms with Crippen molar-refractivity contribution in [2.45, 2.75) is 51.6 Å². The van der Waals surface area contributed by atoms with Crippen LogP contribution in [0.2, 0.25) is 0 Å². The molecule has 2 atom stereocenters. The molecular formula is C22H33ClN2O2. The first-order valence-corrected chi connectivity index (χ1v) is 9.41. The summed E-state index contributed by atoms with van der Waals surface area (Å²) in [4.78, 5) is 4.13. The molecule has 0 spiro atoms. The zero-order valence-corrected chi connectivity index (χ0v) is 17.9. The number of nitrogens with zero attached hydrogens (tertiary/aromatic N) is 1. The second-order valence-electron chi connectivity index (χ2n) is 7.04. The number of rotatable bonds is 5. The normalized spacial score (nSPS) is 20.2. The van der Waals surface area contributed by atoms with Gasteiger partial charge in [-0.3, -0.25) is 4.98 Å². The summed E-state index contributed by atoms with van der Waals surface area (Å²) in [7, 11) is 1.70. The van der Waals surface area contributed by atoms with E-state index in [1.807, 2.05) is 38.4 Å². The summed E-state index contributed by atoms with van der Waals surface area (Å²) in [6.45, 7) is 10.2. The highest BCUT2D eigenvalue weighted by atomic mass is 35.5. The second kappa shape index (κ2) is 11.3. The molecule has 5 heteroatoms. The molecule has 2 unspecified atom stereocenters. The summed E-state index contributed by atoms with van der Waals surface area (Å²) >= 11 is 0. The van der Waals surface area contributed by atoms with Crippen LogP contribution >= 0.6 is 12.4 Å². The first-order valence-electron chi connectivity index (χ1n) is 9.41. The number of methoxy groups -OCH3 is 1. The van der Waals surface area contributed by atoms with Crippen molar-refractivity contribution in [2.75, 3.05) is 20.3 Å². The van der Waals surface area contributed by atoms with Gasteiger partial charge in [-0.25, -0.2) is 0 Å². The van der Waals surface area contributed by atoms with Crippen LogP contribution in [0.15, 0.2) is 48.8 Å². The van der Waals surface area contributed by atoms with Gasteiger partial charge in [-0.15, -0.1) is 12.4 Å². The number of benzene rings is 1. The highest BCUT2D eigenvalue weighted by Crippen LogP contribution is 2.43. The van der Waals surface area contributed by atoms with Crippen molar-refractivity contribution in [2.24, 2.45) is 0 Å². The standard InChI is InChI=1S/C18H22N2O.C4H10O.ClH/c1-18(2)16(13-8-10-19-11-9-13)12-17(20-18)14-4-6-15(21-3)7-5-14;1-3-5-4-2;/h4-11,16-17,20H,12H2,1-3H3;3-4H2,1-2H3;1H. The van der Waals surface area contributed by atoms with E-state index in [1.54, 1.807) is 7.11 Å². The van der Waals surface area contributed by atoms with Gasteiger partial charge < -0.3 is 14.8 Å². The lowest BCUT2D eigenvalue weighted by Crippen LogP contribution is -2.37. The number of halogens is 1. The molecule has 3 rings (SSSR count). The quantitative estimate of drug-likeness (QED) is 0.763. The molecule has 0 saturated carbocycles. The smallest absolute Gasteiger partial charge is 0.118 e. The van der Waals surface area contributed by atoms with Crippen LogP contribution in [0.5, 0.6) is 5.75 Å². The van der Waals surface area contributed by atoms with E-state index in [-0.39, 0.29) is 17.9 Å². The Morgan fingerprint density at radius 1 is 1.00 bits per heavy atom. The SMILES string of the molecule is CCOCC.COc1ccc(C2CC(c3ccncc3)C(C)(C)N2)cc1.Cl. The van der Waals surface area contributed by atoms with E-state index < -0.39 is 0 Å². The maximum absolute atomic E-state index is 5.24. The van der Waals surface area contributed by atoms with Gasteiger partial charge in [-0.1, -0.05) is 12.1 Å². The number of hydrogen-bond acceptors (Lipinski definition) is 4. The van der Waals surface area contributed by atoms with Crippen molar-refractivity contribution in [3.8, 4) is 5.75 Å². The Morgan fingerprint density at radius 2 is 1.59 bits per heavy atom. The predicted molar refractivity (Wildman–Crippen MR) is 114 cm³/mol. The molecule has 2 heterocycles. The molecule has 2 aromatic rings. The lowest BCUT2D eigenvalue weighted by atomic mass is 9.83. The zero-order valence-electron chi connectivity index (χ0n) is 17.1. The molecule has 1 aliphatic rings. The van der Waals surface area contributed by atoms with Crippen LogP contribution in [0.1, 0.15) is 57.2 Å². The molecule has 0 aliphatic carbocycles. The Bertz CT molecular complexity index is 645. The second-order valence-corrected chi connectivity index (χ2v) is 7.04. The van der Waals surface area contributed by atoms with Crippen molar-refractivity contribution < 1.29 is 9.47 Å². The lowest BCUT2D eigenvalue weighted by Gasteiger charge is -2.27. The summed E-state index contributed by atoms with van der Waals surface area (Å²) in [6.07, 6.45) is 4.86. The van der Waals surface area contributed by atoms with Gasteiger partial charge in [0.05, 0.1) is 7.11 Å². The van der Waals surface area contributed by atoms with Crippen molar-refractivity contribution in [1.29, 1.82) is 0 Å². The van der Waals surface area contributed by atoms with Crippen LogP contribution in [0.4, 0.5) is 0 Å². The minimum Gasteiger partial charge on any atom is -0.497 e. The minimum atomic E-state index is 0. The van der Waals surface area contributed by atoms with Crippen LogP contribution in [0.3, 0.4) is 0 Å². The monoisotopic (exact) mass is 392 g/mol. The third kappa shape index (κ3) is 6.49. The Hall–Kier alpha value is -1.62. The largest absolute Gasteiger partial charge is 0.497 e. The highest BCUT2D eigenvalue weighted by molar-refractivity contribution is 5.85. The molecule has 27 heavy (non-hydrogen) atoms. The van der Waals surface area contributed by atoms with E-state index in [1.165, 1.54) is 11.1 Å². The van der Waals surface area contributed by atoms with Crippen LogP contribution in [-0.4, -0.2) is 30.8 Å². The molecule has 1 aromatic heterocycles. The van der Waals surface area contributed by atoms with Gasteiger partial charge in [0.15, 0.2) is 0 Å². The fourth-order valence-electron chi connectivity index (χ4n) is 3.55. The Labute approximate surface area is 170 Å². The molecule has 0 bridgehead atoms. The van der Waals surface area contributed by atoms with Crippen molar-refractivity contribution in [3.05, 3.63) is 59.9 Å². The maximum atomic E-state index is 5.24. The summed E-state index contributed by atoms with van der Waals surface area (Å²) in [5, 5.41) is 3.77. The van der Waals surface area contributed by atoms with Crippen LogP contribution in [0.25, 0.3) is 0 Å². The molecule has 4 nitrogen and oxygen atoms in total. The zero-order chi connectivity index (χ0) is 19.0. The molecule has 1 N–H and O–H groups in total. The van der Waals surface area contributed by atoms with Gasteiger partial charge in [0.25, 0.3) is 0 Å². The molecule has 1 aliphatic heterocycles. The highest BCUT2D eigenvalue weighted by Gasteiger charge is 2.40. The number of aromatic nitrogens is 1. The number of hydrogen-bond donors (Lipinski definition) is 1. The fraction of sp³-hybridized carbons (Fsp3) is 0.500. The Morgan fingerprint density at radius 3 is 2.07 bits per heavy atom. The molecule has 1 fully saturated rings. The van der Waals surface area contributed by atoms with Gasteiger partial charge in [0.1, 0.15) is 5.75 Å². The first-order chi connectivity index (χ1) is 12.5. The average molecular weight is 393 g/mol. The van der Waals surface area contributed by atoms with Crippen LogP contribution in [0, 0.1) is 0 Å². The van der Waals surface area contributed by atoms with Crippen molar-refractivity contribution >= 4 is 12.4 Å². The van der Waals surface area contributed by atoms with E-state index in [4.69, 9.17) is 9.47 Å². The molecule has 0 radical (unpaired) electrons. The lowest BCUT2D eigenvalue weighted by molar-refractivity contribution is 0.162. The molecule has 0 amide bonds. The van der Waals surface area contributed by atoms with Crippen LogP contribution < -0.4 is 10.1 Å². The Kier molecular flexibility index (Phi) is 9.78. The summed E-state index contributed by atoms with van der Waals surface area (Å²) in [5.74, 6) is 1.40. The van der Waals surface area contributed by atoms with Gasteiger partial charge in [0, 0.05) is 43.1 Å². The topological polar surface area (TPSA) is 43.4 Å². The number of pyridine rings is 1. The van der Waals surface area contributed by atoms with E-state index in [9.17, 15) is 0 Å². The fourth-order valence-corrected chi connectivity index (χ4v) is 3.55. The Balaban J connectivity index is 0.000000542. The van der Waals surface area contributed by atoms with Gasteiger partial charge in [-0.05, 0) is 69.5 Å².